The second kappa shape index (κ2) is 4.13. The van der Waals surface area contributed by atoms with E-state index in [1.54, 1.807) is 0 Å². The summed E-state index contributed by atoms with van der Waals surface area (Å²) in [7, 11) is 0. The van der Waals surface area contributed by atoms with Crippen molar-refractivity contribution >= 4 is 10.9 Å². The van der Waals surface area contributed by atoms with E-state index in [2.05, 4.69) is 5.10 Å². The van der Waals surface area contributed by atoms with Crippen molar-refractivity contribution in [3.8, 4) is 0 Å². The lowest BCUT2D eigenvalue weighted by atomic mass is 10.1. The van der Waals surface area contributed by atoms with Gasteiger partial charge in [-0.1, -0.05) is 18.2 Å². The maximum Gasteiger partial charge on any atom is 0.0910 e. The zero-order valence-electron chi connectivity index (χ0n) is 9.66. The molecule has 0 aliphatic heterocycles. The predicted octanol–water partition coefficient (Wildman–Crippen LogP) is 1.31. The lowest BCUT2D eigenvalue weighted by Gasteiger charge is -2.22. The number of aliphatic hydroxyl groups is 1. The fraction of sp³-hybridized carbons (Fsp3) is 0.462. The molecule has 1 aliphatic rings. The van der Waals surface area contributed by atoms with E-state index in [1.165, 1.54) is 12.8 Å². The first-order chi connectivity index (χ1) is 8.31. The third kappa shape index (κ3) is 1.83. The first kappa shape index (κ1) is 10.7. The summed E-state index contributed by atoms with van der Waals surface area (Å²) in [6, 6.07) is 7.91. The van der Waals surface area contributed by atoms with E-state index >= 15 is 0 Å². The molecule has 0 saturated heterocycles. The molecule has 0 amide bonds. The molecule has 1 aromatic carbocycles. The van der Waals surface area contributed by atoms with Gasteiger partial charge < -0.3 is 10.8 Å². The maximum atomic E-state index is 9.56. The van der Waals surface area contributed by atoms with Gasteiger partial charge in [0.25, 0.3) is 0 Å². The Morgan fingerprint density at radius 2 is 2.18 bits per heavy atom. The Hall–Kier alpha value is -1.39. The zero-order chi connectivity index (χ0) is 11.8. The third-order valence-corrected chi connectivity index (χ3v) is 3.62. The van der Waals surface area contributed by atoms with E-state index in [9.17, 15) is 5.11 Å². The number of benzene rings is 1. The second-order valence-corrected chi connectivity index (χ2v) is 4.81. The van der Waals surface area contributed by atoms with E-state index in [-0.39, 0.29) is 18.7 Å². The van der Waals surface area contributed by atoms with Gasteiger partial charge in [-0.05, 0) is 24.8 Å². The van der Waals surface area contributed by atoms with Crippen LogP contribution in [0.2, 0.25) is 0 Å². The van der Waals surface area contributed by atoms with Gasteiger partial charge in [-0.25, -0.2) is 0 Å². The van der Waals surface area contributed by atoms with Gasteiger partial charge in [0.1, 0.15) is 0 Å². The molecular weight excluding hydrogens is 214 g/mol. The normalized spacial score (nSPS) is 19.4. The molecule has 4 heteroatoms. The standard InChI is InChI=1S/C13H17N3O/c14-13(9-5-6-9)12(8-17)16-11-4-2-1-3-10(11)7-15-16/h1-4,7,9,12-13,17H,5-6,8,14H2. The van der Waals surface area contributed by atoms with Crippen molar-refractivity contribution in [3.05, 3.63) is 30.5 Å². The molecule has 1 saturated carbocycles. The molecule has 3 N–H and O–H groups in total. The Kier molecular flexibility index (Phi) is 2.61. The molecule has 17 heavy (non-hydrogen) atoms. The van der Waals surface area contributed by atoms with Crippen LogP contribution < -0.4 is 5.73 Å². The number of nitrogens with two attached hydrogens (primary N) is 1. The summed E-state index contributed by atoms with van der Waals surface area (Å²) < 4.78 is 1.87. The van der Waals surface area contributed by atoms with Gasteiger partial charge in [-0.3, -0.25) is 4.68 Å². The van der Waals surface area contributed by atoms with Crippen molar-refractivity contribution in [2.45, 2.75) is 24.9 Å². The van der Waals surface area contributed by atoms with E-state index in [4.69, 9.17) is 5.73 Å². The smallest absolute Gasteiger partial charge is 0.0910 e. The molecule has 4 nitrogen and oxygen atoms in total. The van der Waals surface area contributed by atoms with Crippen LogP contribution in [0, 0.1) is 5.92 Å². The molecule has 0 bridgehead atoms. The molecule has 0 spiro atoms. The highest BCUT2D eigenvalue weighted by molar-refractivity contribution is 5.78. The second-order valence-electron chi connectivity index (χ2n) is 4.81. The highest BCUT2D eigenvalue weighted by Crippen LogP contribution is 2.36. The van der Waals surface area contributed by atoms with E-state index in [0.29, 0.717) is 5.92 Å². The van der Waals surface area contributed by atoms with Crippen molar-refractivity contribution in [3.63, 3.8) is 0 Å². The Morgan fingerprint density at radius 3 is 2.88 bits per heavy atom. The van der Waals surface area contributed by atoms with Crippen LogP contribution in [0.5, 0.6) is 0 Å². The lowest BCUT2D eigenvalue weighted by molar-refractivity contribution is 0.192. The minimum absolute atomic E-state index is 0.00306. The zero-order valence-corrected chi connectivity index (χ0v) is 9.66. The van der Waals surface area contributed by atoms with Crippen molar-refractivity contribution in [2.75, 3.05) is 6.61 Å². The molecule has 1 aliphatic carbocycles. The van der Waals surface area contributed by atoms with Gasteiger partial charge in [0.05, 0.1) is 24.4 Å². The molecule has 1 fully saturated rings. The highest BCUT2D eigenvalue weighted by Gasteiger charge is 2.35. The Balaban J connectivity index is 2.00. The SMILES string of the molecule is NC(C1CC1)C(CO)n1ncc2ccccc21. The van der Waals surface area contributed by atoms with E-state index in [0.717, 1.165) is 10.9 Å². The number of para-hydroxylation sites is 1. The van der Waals surface area contributed by atoms with Crippen molar-refractivity contribution < 1.29 is 5.11 Å². The van der Waals surface area contributed by atoms with E-state index < -0.39 is 0 Å². The molecule has 1 aromatic heterocycles. The summed E-state index contributed by atoms with van der Waals surface area (Å²) in [6.45, 7) is 0.0450. The fourth-order valence-electron chi connectivity index (χ4n) is 2.41. The molecule has 2 unspecified atom stereocenters. The van der Waals surface area contributed by atoms with Crippen LogP contribution >= 0.6 is 0 Å². The average Bonchev–Trinajstić information content (AvgIpc) is 3.13. The maximum absolute atomic E-state index is 9.56. The fourth-order valence-corrected chi connectivity index (χ4v) is 2.41. The quantitative estimate of drug-likeness (QED) is 0.833. The van der Waals surface area contributed by atoms with Gasteiger partial charge in [0.15, 0.2) is 0 Å². The van der Waals surface area contributed by atoms with Crippen molar-refractivity contribution in [2.24, 2.45) is 11.7 Å². The topological polar surface area (TPSA) is 64.1 Å². The summed E-state index contributed by atoms with van der Waals surface area (Å²) in [6.07, 6.45) is 4.19. The van der Waals surface area contributed by atoms with Crippen molar-refractivity contribution in [1.82, 2.24) is 9.78 Å². The van der Waals surface area contributed by atoms with Crippen LogP contribution in [-0.2, 0) is 0 Å². The highest BCUT2D eigenvalue weighted by atomic mass is 16.3. The minimum Gasteiger partial charge on any atom is -0.394 e. The number of hydrogen-bond donors (Lipinski definition) is 2. The molecule has 1 heterocycles. The number of nitrogens with zero attached hydrogens (tertiary/aromatic N) is 2. The average molecular weight is 231 g/mol. The van der Waals surface area contributed by atoms with Crippen molar-refractivity contribution in [1.29, 1.82) is 0 Å². The monoisotopic (exact) mass is 231 g/mol. The van der Waals surface area contributed by atoms with Gasteiger partial charge in [-0.15, -0.1) is 0 Å². The molecular formula is C13H17N3O. The number of aromatic nitrogens is 2. The predicted molar refractivity (Wildman–Crippen MR) is 66.6 cm³/mol. The number of hydrogen-bond acceptors (Lipinski definition) is 3. The van der Waals surface area contributed by atoms with Gasteiger partial charge in [-0.2, -0.15) is 5.10 Å². The first-order valence-corrected chi connectivity index (χ1v) is 6.10. The van der Waals surface area contributed by atoms with Crippen LogP contribution in [0.3, 0.4) is 0 Å². The van der Waals surface area contributed by atoms with Gasteiger partial charge >= 0.3 is 0 Å². The number of fused-ring (bicyclic) bond motifs is 1. The summed E-state index contributed by atoms with van der Waals surface area (Å²) in [5.74, 6) is 0.551. The van der Waals surface area contributed by atoms with Crippen LogP contribution in [0.4, 0.5) is 0 Å². The Bertz CT molecular complexity index is 518. The van der Waals surface area contributed by atoms with E-state index in [1.807, 2.05) is 35.1 Å². The first-order valence-electron chi connectivity index (χ1n) is 6.10. The minimum atomic E-state index is -0.109. The lowest BCUT2D eigenvalue weighted by Crippen LogP contribution is -2.36. The molecule has 0 radical (unpaired) electrons. The van der Waals surface area contributed by atoms with Crippen LogP contribution in [0.1, 0.15) is 18.9 Å². The summed E-state index contributed by atoms with van der Waals surface area (Å²) >= 11 is 0. The van der Waals surface area contributed by atoms with Gasteiger partial charge in [0.2, 0.25) is 0 Å². The largest absolute Gasteiger partial charge is 0.394 e. The Morgan fingerprint density at radius 1 is 1.41 bits per heavy atom. The van der Waals surface area contributed by atoms with Crippen LogP contribution in [0.15, 0.2) is 30.5 Å². The molecule has 2 aromatic rings. The molecule has 3 rings (SSSR count). The number of rotatable bonds is 4. The summed E-state index contributed by atoms with van der Waals surface area (Å²) in [5, 5.41) is 15.0. The molecule has 90 valence electrons. The third-order valence-electron chi connectivity index (χ3n) is 3.62. The van der Waals surface area contributed by atoms with Crippen LogP contribution in [0.25, 0.3) is 10.9 Å². The van der Waals surface area contributed by atoms with Gasteiger partial charge in [0, 0.05) is 11.4 Å². The summed E-state index contributed by atoms with van der Waals surface area (Å²) in [4.78, 5) is 0. The van der Waals surface area contributed by atoms with Crippen LogP contribution in [-0.4, -0.2) is 27.5 Å². The molecule has 2 atom stereocenters. The number of aliphatic hydroxyl groups excluding tert-OH is 1. The Labute approximate surface area is 100 Å². The summed E-state index contributed by atoms with van der Waals surface area (Å²) in [5.41, 5.74) is 7.24.